The van der Waals surface area contributed by atoms with Gasteiger partial charge in [-0.05, 0) is 82.8 Å². The molecule has 0 aliphatic carbocycles. The Hall–Kier alpha value is -3.72. The lowest BCUT2D eigenvalue weighted by atomic mass is 10.1. The van der Waals surface area contributed by atoms with Crippen LogP contribution < -0.4 is 24.4 Å². The maximum atomic E-state index is 13.3. The average molecular weight is 677 g/mol. The van der Waals surface area contributed by atoms with Gasteiger partial charge in [0.1, 0.15) is 24.5 Å². The van der Waals surface area contributed by atoms with Crippen molar-refractivity contribution in [2.24, 2.45) is 0 Å². The number of amides is 4. The molecule has 1 heterocycles. The molecule has 0 bridgehead atoms. The summed E-state index contributed by atoms with van der Waals surface area (Å²) in [5.74, 6) is 2.08. The summed E-state index contributed by atoms with van der Waals surface area (Å²) < 4.78 is 17.3. The Bertz CT molecular complexity index is 1530. The van der Waals surface area contributed by atoms with Gasteiger partial charge >= 0.3 is 6.03 Å². The van der Waals surface area contributed by atoms with E-state index in [1.807, 2.05) is 22.6 Å². The van der Waals surface area contributed by atoms with E-state index in [1.54, 1.807) is 42.5 Å². The van der Waals surface area contributed by atoms with Gasteiger partial charge in [0.2, 0.25) is 0 Å². The molecule has 1 aliphatic heterocycles. The number of terminal acetylenes is 1. The second-order valence-corrected chi connectivity index (χ2v) is 10.0. The van der Waals surface area contributed by atoms with Gasteiger partial charge in [-0.15, -0.1) is 6.42 Å². The lowest BCUT2D eigenvalue weighted by molar-refractivity contribution is -0.122. The van der Waals surface area contributed by atoms with E-state index in [0.717, 1.165) is 10.5 Å². The Morgan fingerprint density at radius 2 is 1.79 bits per heavy atom. The molecule has 198 valence electrons. The minimum atomic E-state index is -0.867. The number of urea groups is 1. The van der Waals surface area contributed by atoms with Gasteiger partial charge in [-0.3, -0.25) is 14.9 Å². The van der Waals surface area contributed by atoms with Crippen molar-refractivity contribution in [2.45, 2.75) is 6.61 Å². The van der Waals surface area contributed by atoms with Crippen molar-refractivity contribution in [3.63, 3.8) is 0 Å². The maximum Gasteiger partial charge on any atom is 0.335 e. The predicted octanol–water partition coefficient (Wildman–Crippen LogP) is 5.86. The van der Waals surface area contributed by atoms with E-state index in [2.05, 4.69) is 11.2 Å². The third-order valence-electron chi connectivity index (χ3n) is 5.47. The van der Waals surface area contributed by atoms with E-state index in [9.17, 15) is 14.4 Å². The van der Waals surface area contributed by atoms with Crippen LogP contribution in [0.25, 0.3) is 6.08 Å². The topological polar surface area (TPSA) is 94.2 Å². The van der Waals surface area contributed by atoms with Crippen LogP contribution in [0.3, 0.4) is 0 Å². The van der Waals surface area contributed by atoms with Crippen LogP contribution in [0.1, 0.15) is 11.1 Å². The molecule has 39 heavy (non-hydrogen) atoms. The van der Waals surface area contributed by atoms with Gasteiger partial charge in [0, 0.05) is 15.6 Å². The summed E-state index contributed by atoms with van der Waals surface area (Å²) in [7, 11) is 1.46. The second kappa shape index (κ2) is 12.4. The predicted molar refractivity (Wildman–Crippen MR) is 156 cm³/mol. The van der Waals surface area contributed by atoms with Crippen LogP contribution in [0.2, 0.25) is 10.0 Å². The molecule has 1 fully saturated rings. The van der Waals surface area contributed by atoms with E-state index < -0.39 is 17.8 Å². The third kappa shape index (κ3) is 6.47. The molecule has 0 unspecified atom stereocenters. The lowest BCUT2D eigenvalue weighted by Gasteiger charge is -2.26. The number of hydrogen-bond acceptors (Lipinski definition) is 6. The summed E-state index contributed by atoms with van der Waals surface area (Å²) >= 11 is 14.1. The first-order valence-electron chi connectivity index (χ1n) is 11.2. The van der Waals surface area contributed by atoms with E-state index in [-0.39, 0.29) is 24.5 Å². The van der Waals surface area contributed by atoms with Gasteiger partial charge in [0.25, 0.3) is 11.8 Å². The summed E-state index contributed by atoms with van der Waals surface area (Å²) in [6, 6.07) is 13.8. The number of nitrogens with zero attached hydrogens (tertiary/aromatic N) is 1. The molecule has 4 rings (SSSR count). The lowest BCUT2D eigenvalue weighted by Crippen LogP contribution is -2.54. The first-order valence-corrected chi connectivity index (χ1v) is 13.1. The number of anilines is 1. The van der Waals surface area contributed by atoms with Gasteiger partial charge in [-0.25, -0.2) is 9.69 Å². The molecule has 3 aromatic carbocycles. The van der Waals surface area contributed by atoms with Crippen LogP contribution in [0.5, 0.6) is 17.2 Å². The second-order valence-electron chi connectivity index (χ2n) is 8.00. The molecule has 1 saturated heterocycles. The smallest absolute Gasteiger partial charge is 0.335 e. The quantitative estimate of drug-likeness (QED) is 0.139. The van der Waals surface area contributed by atoms with Crippen molar-refractivity contribution >= 4 is 75.4 Å². The molecule has 0 spiro atoms. The van der Waals surface area contributed by atoms with Crippen molar-refractivity contribution in [2.75, 3.05) is 18.6 Å². The molecular weight excluding hydrogens is 658 g/mol. The van der Waals surface area contributed by atoms with Crippen LogP contribution in [0.4, 0.5) is 10.5 Å². The number of nitrogens with one attached hydrogen (secondary N) is 1. The monoisotopic (exact) mass is 676 g/mol. The number of rotatable bonds is 8. The Balaban J connectivity index is 1.56. The van der Waals surface area contributed by atoms with Crippen LogP contribution in [0.15, 0.2) is 60.2 Å². The number of carbonyl (C=O) groups excluding carboxylic acids is 3. The number of halogens is 3. The van der Waals surface area contributed by atoms with E-state index >= 15 is 0 Å². The standard InChI is InChI=1S/C28H19Cl2IN2O6/c1-3-10-38-25-23(31)12-16(13-24(25)37-2)11-21-26(34)32-28(36)33(27(21)35)19-6-8-20(9-7-19)39-15-17-4-5-18(29)14-22(17)30/h1,4-9,11-14H,10,15H2,2H3,(H,32,34,36)/b21-11+. The van der Waals surface area contributed by atoms with Gasteiger partial charge in [0.15, 0.2) is 11.5 Å². The van der Waals surface area contributed by atoms with E-state index in [4.69, 9.17) is 43.8 Å². The molecule has 0 atom stereocenters. The highest BCUT2D eigenvalue weighted by Crippen LogP contribution is 2.35. The molecule has 1 N–H and O–H groups in total. The molecule has 8 nitrogen and oxygen atoms in total. The van der Waals surface area contributed by atoms with Crippen molar-refractivity contribution < 1.29 is 28.6 Å². The number of ether oxygens (including phenoxy) is 3. The molecule has 0 radical (unpaired) electrons. The highest BCUT2D eigenvalue weighted by molar-refractivity contribution is 14.1. The number of imide groups is 2. The van der Waals surface area contributed by atoms with Crippen molar-refractivity contribution in [3.8, 4) is 29.6 Å². The Kier molecular flexibility index (Phi) is 9.01. The highest BCUT2D eigenvalue weighted by atomic mass is 127. The normalized spacial score (nSPS) is 14.2. The summed E-state index contributed by atoms with van der Waals surface area (Å²) in [6.07, 6.45) is 6.65. The van der Waals surface area contributed by atoms with Crippen LogP contribution >= 0.6 is 45.8 Å². The molecule has 1 aliphatic rings. The van der Waals surface area contributed by atoms with Crippen molar-refractivity contribution in [1.82, 2.24) is 5.32 Å². The largest absolute Gasteiger partial charge is 0.493 e. The summed E-state index contributed by atoms with van der Waals surface area (Å²) in [6.45, 7) is 0.234. The van der Waals surface area contributed by atoms with E-state index in [0.29, 0.717) is 36.4 Å². The first-order chi connectivity index (χ1) is 18.7. The van der Waals surface area contributed by atoms with Gasteiger partial charge in [-0.1, -0.05) is 35.2 Å². The molecule has 0 aromatic heterocycles. The Morgan fingerprint density at radius 3 is 2.46 bits per heavy atom. The zero-order chi connectivity index (χ0) is 28.1. The molecule has 11 heteroatoms. The summed E-state index contributed by atoms with van der Waals surface area (Å²) in [4.78, 5) is 39.4. The highest BCUT2D eigenvalue weighted by Gasteiger charge is 2.37. The van der Waals surface area contributed by atoms with Crippen LogP contribution in [-0.4, -0.2) is 31.6 Å². The van der Waals surface area contributed by atoms with Crippen LogP contribution in [-0.2, 0) is 16.2 Å². The Morgan fingerprint density at radius 1 is 1.05 bits per heavy atom. The minimum absolute atomic E-state index is 0.0451. The van der Waals surface area contributed by atoms with Crippen molar-refractivity contribution in [3.05, 3.63) is 84.9 Å². The number of carbonyl (C=O) groups is 3. The number of benzene rings is 3. The van der Waals surface area contributed by atoms with Crippen molar-refractivity contribution in [1.29, 1.82) is 0 Å². The number of hydrogen-bond donors (Lipinski definition) is 1. The van der Waals surface area contributed by atoms with Crippen LogP contribution in [0, 0.1) is 15.9 Å². The Labute approximate surface area is 248 Å². The molecule has 3 aromatic rings. The molecule has 4 amide bonds. The minimum Gasteiger partial charge on any atom is -0.493 e. The zero-order valence-corrected chi connectivity index (χ0v) is 24.0. The summed E-state index contributed by atoms with van der Waals surface area (Å²) in [5.41, 5.74) is 1.24. The maximum absolute atomic E-state index is 13.3. The SMILES string of the molecule is C#CCOc1c(I)cc(/C=C2\C(=O)NC(=O)N(c3ccc(OCc4ccc(Cl)cc4Cl)cc3)C2=O)cc1OC. The molecular formula is C28H19Cl2IN2O6. The number of barbiturate groups is 1. The van der Waals surface area contributed by atoms with Gasteiger partial charge in [0.05, 0.1) is 16.4 Å². The number of methoxy groups -OCH3 is 1. The fourth-order valence-corrected chi connectivity index (χ4v) is 4.87. The molecule has 0 saturated carbocycles. The van der Waals surface area contributed by atoms with E-state index in [1.165, 1.54) is 25.3 Å². The van der Waals surface area contributed by atoms with Gasteiger partial charge < -0.3 is 14.2 Å². The first kappa shape index (κ1) is 28.3. The summed E-state index contributed by atoms with van der Waals surface area (Å²) in [5, 5.41) is 3.20. The third-order valence-corrected chi connectivity index (χ3v) is 6.86. The van der Waals surface area contributed by atoms with Gasteiger partial charge in [-0.2, -0.15) is 0 Å². The zero-order valence-electron chi connectivity index (χ0n) is 20.3. The fourth-order valence-electron chi connectivity index (χ4n) is 3.63. The average Bonchev–Trinajstić information content (AvgIpc) is 2.90. The fraction of sp³-hybridized carbons (Fsp3) is 0.107.